The Labute approximate surface area is 210 Å². The second kappa shape index (κ2) is 9.81. The standard InChI is InChI=1S/C27H34N6O3/c1-5-25-29-33(27(35)23-17-24-22(32(23)25)9-16-36-24)20(4)26(34)28-10-11-30-12-14-31(15-13-30)21-8-6-7-18(2)19(21)3/h6-9,16-17,20H,5,10-15H2,1-4H3,(H,28,34)/t20-/m0/s1. The minimum Gasteiger partial charge on any atom is -0.463 e. The largest absolute Gasteiger partial charge is 0.463 e. The Bertz CT molecular complexity index is 1460. The van der Waals surface area contributed by atoms with Crippen LogP contribution in [0.2, 0.25) is 0 Å². The summed E-state index contributed by atoms with van der Waals surface area (Å²) in [5, 5.41) is 7.54. The zero-order valence-corrected chi connectivity index (χ0v) is 21.5. The third-order valence-electron chi connectivity index (χ3n) is 7.41. The van der Waals surface area contributed by atoms with Crippen LogP contribution in [-0.2, 0) is 11.2 Å². The summed E-state index contributed by atoms with van der Waals surface area (Å²) in [6.45, 7) is 13.2. The molecule has 5 rings (SSSR count). The topological polar surface area (TPSA) is 88.0 Å². The molecule has 3 aromatic heterocycles. The molecule has 1 atom stereocenters. The minimum atomic E-state index is -0.713. The van der Waals surface area contributed by atoms with E-state index in [1.165, 1.54) is 21.5 Å². The first-order valence-corrected chi connectivity index (χ1v) is 12.7. The molecule has 4 heterocycles. The summed E-state index contributed by atoms with van der Waals surface area (Å²) < 4.78 is 8.59. The monoisotopic (exact) mass is 490 g/mol. The van der Waals surface area contributed by atoms with Crippen LogP contribution >= 0.6 is 0 Å². The van der Waals surface area contributed by atoms with Gasteiger partial charge in [0.2, 0.25) is 5.91 Å². The molecule has 9 nitrogen and oxygen atoms in total. The number of amides is 1. The maximum absolute atomic E-state index is 13.2. The fourth-order valence-corrected chi connectivity index (χ4v) is 5.07. The van der Waals surface area contributed by atoms with Gasteiger partial charge in [0.1, 0.15) is 17.4 Å². The van der Waals surface area contributed by atoms with Crippen molar-refractivity contribution in [2.24, 2.45) is 0 Å². The molecule has 0 saturated carbocycles. The molecule has 0 aliphatic carbocycles. The third kappa shape index (κ3) is 4.28. The van der Waals surface area contributed by atoms with E-state index in [9.17, 15) is 9.59 Å². The fraction of sp³-hybridized carbons (Fsp3) is 0.444. The first-order valence-electron chi connectivity index (χ1n) is 12.7. The number of nitrogens with zero attached hydrogens (tertiary/aromatic N) is 5. The van der Waals surface area contributed by atoms with Crippen molar-refractivity contribution < 1.29 is 9.21 Å². The Morgan fingerprint density at radius 2 is 1.92 bits per heavy atom. The highest BCUT2D eigenvalue weighted by Crippen LogP contribution is 2.24. The molecule has 9 heteroatoms. The van der Waals surface area contributed by atoms with Gasteiger partial charge < -0.3 is 14.6 Å². The minimum absolute atomic E-state index is 0.208. The second-order valence-corrected chi connectivity index (χ2v) is 9.57. The fourth-order valence-electron chi connectivity index (χ4n) is 5.07. The van der Waals surface area contributed by atoms with Crippen molar-refractivity contribution in [2.75, 3.05) is 44.2 Å². The van der Waals surface area contributed by atoms with Gasteiger partial charge in [0.15, 0.2) is 5.58 Å². The van der Waals surface area contributed by atoms with Gasteiger partial charge in [-0.2, -0.15) is 5.10 Å². The van der Waals surface area contributed by atoms with Gasteiger partial charge in [0.05, 0.1) is 11.8 Å². The number of nitrogens with one attached hydrogen (secondary N) is 1. The molecular formula is C27H34N6O3. The lowest BCUT2D eigenvalue weighted by molar-refractivity contribution is -0.124. The summed E-state index contributed by atoms with van der Waals surface area (Å²) in [6, 6.07) is 9.30. The number of aromatic nitrogens is 3. The number of carbonyl (C=O) groups excluding carboxylic acids is 1. The third-order valence-corrected chi connectivity index (χ3v) is 7.41. The van der Waals surface area contributed by atoms with E-state index in [1.807, 2.05) is 17.4 Å². The number of rotatable bonds is 7. The number of fused-ring (bicyclic) bond motifs is 3. The Kier molecular flexibility index (Phi) is 6.57. The molecule has 1 fully saturated rings. The summed E-state index contributed by atoms with van der Waals surface area (Å²) >= 11 is 0. The van der Waals surface area contributed by atoms with E-state index >= 15 is 0 Å². The van der Waals surface area contributed by atoms with Crippen molar-refractivity contribution in [2.45, 2.75) is 40.2 Å². The first-order chi connectivity index (χ1) is 17.4. The van der Waals surface area contributed by atoms with Gasteiger partial charge in [0.25, 0.3) is 5.56 Å². The first kappa shape index (κ1) is 24.1. The number of aryl methyl sites for hydroxylation is 2. The number of carbonyl (C=O) groups is 1. The maximum Gasteiger partial charge on any atom is 0.291 e. The summed E-state index contributed by atoms with van der Waals surface area (Å²) in [7, 11) is 0. The van der Waals surface area contributed by atoms with Crippen LogP contribution < -0.4 is 15.8 Å². The predicted octanol–water partition coefficient (Wildman–Crippen LogP) is 2.92. The molecule has 1 N–H and O–H groups in total. The van der Waals surface area contributed by atoms with E-state index in [4.69, 9.17) is 4.42 Å². The highest BCUT2D eigenvalue weighted by Gasteiger charge is 2.23. The van der Waals surface area contributed by atoms with Gasteiger partial charge in [-0.15, -0.1) is 0 Å². The highest BCUT2D eigenvalue weighted by atomic mass is 16.3. The quantitative estimate of drug-likeness (QED) is 0.429. The van der Waals surface area contributed by atoms with Crippen LogP contribution in [-0.4, -0.2) is 64.3 Å². The summed E-state index contributed by atoms with van der Waals surface area (Å²) in [5.41, 5.74) is 5.59. The highest BCUT2D eigenvalue weighted by molar-refractivity contribution is 5.83. The van der Waals surface area contributed by atoms with Gasteiger partial charge in [0, 0.05) is 63.5 Å². The van der Waals surface area contributed by atoms with Crippen molar-refractivity contribution in [3.8, 4) is 0 Å². The molecule has 1 amide bonds. The van der Waals surface area contributed by atoms with Gasteiger partial charge in [-0.1, -0.05) is 19.1 Å². The van der Waals surface area contributed by atoms with Crippen molar-refractivity contribution in [3.63, 3.8) is 0 Å². The Morgan fingerprint density at radius 3 is 2.67 bits per heavy atom. The van der Waals surface area contributed by atoms with Gasteiger partial charge in [-0.3, -0.25) is 18.9 Å². The van der Waals surface area contributed by atoms with Crippen LogP contribution in [0.4, 0.5) is 5.69 Å². The molecule has 190 valence electrons. The zero-order chi connectivity index (χ0) is 25.4. The SMILES string of the molecule is CCc1nn([C@@H](C)C(=O)NCCN2CCN(c3cccc(C)c3C)CC2)c(=O)c2cc3occc3n12. The van der Waals surface area contributed by atoms with Crippen LogP contribution in [0.25, 0.3) is 16.6 Å². The number of furan rings is 1. The number of hydrogen-bond donors (Lipinski definition) is 1. The normalized spacial score (nSPS) is 15.6. The lowest BCUT2D eigenvalue weighted by atomic mass is 10.1. The molecule has 0 unspecified atom stereocenters. The van der Waals surface area contributed by atoms with Crippen molar-refractivity contribution in [1.82, 2.24) is 24.4 Å². The smallest absolute Gasteiger partial charge is 0.291 e. The number of anilines is 1. The molecule has 0 spiro atoms. The molecule has 1 aromatic carbocycles. The molecule has 0 radical (unpaired) electrons. The van der Waals surface area contributed by atoms with E-state index < -0.39 is 6.04 Å². The number of hydrogen-bond acceptors (Lipinski definition) is 6. The predicted molar refractivity (Wildman–Crippen MR) is 141 cm³/mol. The summed E-state index contributed by atoms with van der Waals surface area (Å²) in [4.78, 5) is 30.9. The van der Waals surface area contributed by atoms with E-state index in [-0.39, 0.29) is 11.5 Å². The van der Waals surface area contributed by atoms with Crippen molar-refractivity contribution in [3.05, 3.63) is 63.9 Å². The summed E-state index contributed by atoms with van der Waals surface area (Å²) in [5.74, 6) is 0.502. The Hall–Kier alpha value is -3.59. The molecule has 1 saturated heterocycles. The van der Waals surface area contributed by atoms with E-state index in [0.29, 0.717) is 29.9 Å². The molecular weight excluding hydrogens is 456 g/mol. The van der Waals surface area contributed by atoms with Gasteiger partial charge >= 0.3 is 0 Å². The van der Waals surface area contributed by atoms with E-state index in [2.05, 4.69) is 52.3 Å². The Balaban J connectivity index is 1.19. The molecule has 4 aromatic rings. The van der Waals surface area contributed by atoms with Gasteiger partial charge in [-0.05, 0) is 38.0 Å². The second-order valence-electron chi connectivity index (χ2n) is 9.57. The Morgan fingerprint density at radius 1 is 1.14 bits per heavy atom. The maximum atomic E-state index is 13.2. The average molecular weight is 491 g/mol. The lowest BCUT2D eigenvalue weighted by Gasteiger charge is -2.37. The molecule has 36 heavy (non-hydrogen) atoms. The van der Waals surface area contributed by atoms with E-state index in [1.54, 1.807) is 19.3 Å². The molecule has 1 aliphatic heterocycles. The number of benzene rings is 1. The average Bonchev–Trinajstić information content (AvgIpc) is 3.48. The van der Waals surface area contributed by atoms with Crippen LogP contribution in [0, 0.1) is 13.8 Å². The summed E-state index contributed by atoms with van der Waals surface area (Å²) in [6.07, 6.45) is 2.22. The zero-order valence-electron chi connectivity index (χ0n) is 21.5. The van der Waals surface area contributed by atoms with E-state index in [0.717, 1.165) is 38.2 Å². The van der Waals surface area contributed by atoms with Gasteiger partial charge in [-0.25, -0.2) is 4.68 Å². The van der Waals surface area contributed by atoms with Crippen molar-refractivity contribution >= 4 is 28.2 Å². The number of piperazine rings is 1. The lowest BCUT2D eigenvalue weighted by Crippen LogP contribution is -2.49. The van der Waals surface area contributed by atoms with Crippen LogP contribution in [0.1, 0.15) is 36.8 Å². The molecule has 1 aliphatic rings. The van der Waals surface area contributed by atoms with Crippen LogP contribution in [0.5, 0.6) is 0 Å². The molecule has 0 bridgehead atoms. The van der Waals surface area contributed by atoms with Crippen molar-refractivity contribution in [1.29, 1.82) is 0 Å². The van der Waals surface area contributed by atoms with Crippen LogP contribution in [0.3, 0.4) is 0 Å². The van der Waals surface area contributed by atoms with Crippen LogP contribution in [0.15, 0.2) is 45.8 Å².